The number of amidine groups is 1. The summed E-state index contributed by atoms with van der Waals surface area (Å²) in [5, 5.41) is 11.5. The van der Waals surface area contributed by atoms with Gasteiger partial charge in [-0.05, 0) is 37.5 Å². The van der Waals surface area contributed by atoms with Gasteiger partial charge in [0.15, 0.2) is 5.84 Å². The van der Waals surface area contributed by atoms with Crippen LogP contribution in [0.5, 0.6) is 0 Å². The molecule has 0 saturated carbocycles. The predicted octanol–water partition coefficient (Wildman–Crippen LogP) is 1.45. The maximum Gasteiger partial charge on any atom is 0.243 e. The molecule has 20 heavy (non-hydrogen) atoms. The third-order valence-electron chi connectivity index (χ3n) is 2.90. The van der Waals surface area contributed by atoms with E-state index in [1.807, 2.05) is 19.9 Å². The molecule has 0 saturated heterocycles. The molecule has 0 fully saturated rings. The number of rotatable bonds is 6. The summed E-state index contributed by atoms with van der Waals surface area (Å²) in [7, 11) is -3.66. The first-order chi connectivity index (χ1) is 9.32. The van der Waals surface area contributed by atoms with E-state index in [2.05, 4.69) is 5.16 Å². The van der Waals surface area contributed by atoms with E-state index < -0.39 is 10.0 Å². The van der Waals surface area contributed by atoms with Crippen molar-refractivity contribution in [3.8, 4) is 0 Å². The molecule has 0 bridgehead atoms. The molecule has 0 aliphatic carbocycles. The Hall–Kier alpha value is -1.60. The van der Waals surface area contributed by atoms with Crippen LogP contribution in [-0.4, -0.2) is 36.9 Å². The lowest BCUT2D eigenvalue weighted by molar-refractivity contribution is 0.314. The molecule has 0 atom stereocenters. The Kier molecular flexibility index (Phi) is 5.52. The average Bonchev–Trinajstić information content (AvgIpc) is 2.40. The van der Waals surface area contributed by atoms with Gasteiger partial charge >= 0.3 is 0 Å². The normalized spacial score (nSPS) is 12.9. The van der Waals surface area contributed by atoms with Crippen LogP contribution in [0, 0.1) is 13.8 Å². The third-order valence-corrected chi connectivity index (χ3v) is 4.89. The SMILES string of the molecule is CCCN(CC(N)=NO)S(=O)(=O)c1cc(C)ccc1C. The van der Waals surface area contributed by atoms with Crippen molar-refractivity contribution < 1.29 is 13.6 Å². The number of nitrogens with zero attached hydrogens (tertiary/aromatic N) is 2. The van der Waals surface area contributed by atoms with E-state index in [1.165, 1.54) is 4.31 Å². The van der Waals surface area contributed by atoms with Gasteiger partial charge in [-0.3, -0.25) is 0 Å². The summed E-state index contributed by atoms with van der Waals surface area (Å²) < 4.78 is 26.6. The summed E-state index contributed by atoms with van der Waals surface area (Å²) in [6.07, 6.45) is 0.642. The van der Waals surface area contributed by atoms with Crippen LogP contribution >= 0.6 is 0 Å². The average molecular weight is 299 g/mol. The number of sulfonamides is 1. The molecule has 3 N–H and O–H groups in total. The second-order valence-electron chi connectivity index (χ2n) is 4.70. The fourth-order valence-corrected chi connectivity index (χ4v) is 3.68. The Balaban J connectivity index is 3.25. The molecule has 0 aliphatic rings. The highest BCUT2D eigenvalue weighted by molar-refractivity contribution is 7.89. The second kappa shape index (κ2) is 6.71. The van der Waals surface area contributed by atoms with Crippen LogP contribution < -0.4 is 5.73 Å². The zero-order valence-electron chi connectivity index (χ0n) is 12.0. The zero-order chi connectivity index (χ0) is 15.3. The monoisotopic (exact) mass is 299 g/mol. The smallest absolute Gasteiger partial charge is 0.243 e. The molecule has 112 valence electrons. The van der Waals surface area contributed by atoms with Crippen molar-refractivity contribution in [3.63, 3.8) is 0 Å². The van der Waals surface area contributed by atoms with E-state index in [1.54, 1.807) is 19.1 Å². The molecule has 0 unspecified atom stereocenters. The van der Waals surface area contributed by atoms with Crippen LogP contribution in [0.1, 0.15) is 24.5 Å². The molecule has 0 aromatic heterocycles. The quantitative estimate of drug-likeness (QED) is 0.359. The van der Waals surface area contributed by atoms with Crippen LogP contribution in [0.4, 0.5) is 0 Å². The lowest BCUT2D eigenvalue weighted by Gasteiger charge is -2.22. The van der Waals surface area contributed by atoms with Gasteiger partial charge in [0.05, 0.1) is 11.4 Å². The fraction of sp³-hybridized carbons (Fsp3) is 0.462. The largest absolute Gasteiger partial charge is 0.409 e. The topological polar surface area (TPSA) is 96.0 Å². The van der Waals surface area contributed by atoms with Gasteiger partial charge < -0.3 is 10.9 Å². The van der Waals surface area contributed by atoms with Gasteiger partial charge in [-0.2, -0.15) is 4.31 Å². The van der Waals surface area contributed by atoms with Gasteiger partial charge in [0.2, 0.25) is 10.0 Å². The predicted molar refractivity (Wildman–Crippen MR) is 78.4 cm³/mol. The summed E-state index contributed by atoms with van der Waals surface area (Å²) in [4.78, 5) is 0.261. The zero-order valence-corrected chi connectivity index (χ0v) is 12.8. The molecule has 0 spiro atoms. The van der Waals surface area contributed by atoms with Crippen LogP contribution in [0.15, 0.2) is 28.3 Å². The second-order valence-corrected chi connectivity index (χ2v) is 6.61. The Bertz CT molecular complexity index is 597. The molecule has 1 aromatic carbocycles. The molecule has 0 amide bonds. The fourth-order valence-electron chi connectivity index (χ4n) is 1.87. The summed E-state index contributed by atoms with van der Waals surface area (Å²) in [6.45, 7) is 5.65. The molecule has 0 heterocycles. The van der Waals surface area contributed by atoms with Crippen LogP contribution in [0.3, 0.4) is 0 Å². The molecule has 1 aromatic rings. The number of hydrogen-bond donors (Lipinski definition) is 2. The van der Waals surface area contributed by atoms with E-state index in [-0.39, 0.29) is 17.3 Å². The van der Waals surface area contributed by atoms with Crippen LogP contribution in [0.25, 0.3) is 0 Å². The lowest BCUT2D eigenvalue weighted by Crippen LogP contribution is -2.39. The minimum atomic E-state index is -3.66. The van der Waals surface area contributed by atoms with Crippen molar-refractivity contribution in [3.05, 3.63) is 29.3 Å². The number of nitrogens with two attached hydrogens (primary N) is 1. The van der Waals surface area contributed by atoms with Gasteiger partial charge in [-0.25, -0.2) is 8.42 Å². The minimum absolute atomic E-state index is 0.125. The highest BCUT2D eigenvalue weighted by Gasteiger charge is 2.26. The number of aryl methyl sites for hydroxylation is 2. The molecular weight excluding hydrogens is 278 g/mol. The summed E-state index contributed by atoms with van der Waals surface area (Å²) in [5.74, 6) is -0.132. The van der Waals surface area contributed by atoms with Crippen molar-refractivity contribution in [2.45, 2.75) is 32.1 Å². The number of benzene rings is 1. The summed E-state index contributed by atoms with van der Waals surface area (Å²) in [6, 6.07) is 5.28. The van der Waals surface area contributed by atoms with Gasteiger partial charge in [0.25, 0.3) is 0 Å². The van der Waals surface area contributed by atoms with Gasteiger partial charge in [-0.15, -0.1) is 0 Å². The molecule has 0 radical (unpaired) electrons. The highest BCUT2D eigenvalue weighted by Crippen LogP contribution is 2.21. The summed E-state index contributed by atoms with van der Waals surface area (Å²) >= 11 is 0. The Morgan fingerprint density at radius 1 is 1.40 bits per heavy atom. The number of oxime groups is 1. The Labute approximate surface area is 119 Å². The van der Waals surface area contributed by atoms with Crippen molar-refractivity contribution >= 4 is 15.9 Å². The first-order valence-corrected chi connectivity index (χ1v) is 7.80. The van der Waals surface area contributed by atoms with Gasteiger partial charge in [0, 0.05) is 6.54 Å². The number of hydrogen-bond acceptors (Lipinski definition) is 4. The standard InChI is InChI=1S/C13H21N3O3S/c1-4-7-16(9-13(14)15-17)20(18,19)12-8-10(2)5-6-11(12)3/h5-6,8,17H,4,7,9H2,1-3H3,(H2,14,15). The van der Waals surface area contributed by atoms with Gasteiger partial charge in [0.1, 0.15) is 0 Å². The maximum absolute atomic E-state index is 12.7. The van der Waals surface area contributed by atoms with E-state index in [0.717, 1.165) is 5.56 Å². The van der Waals surface area contributed by atoms with Crippen molar-refractivity contribution in [2.24, 2.45) is 10.9 Å². The van der Waals surface area contributed by atoms with Crippen molar-refractivity contribution in [1.29, 1.82) is 0 Å². The Morgan fingerprint density at radius 2 is 2.05 bits per heavy atom. The molecule has 0 aliphatic heterocycles. The minimum Gasteiger partial charge on any atom is -0.409 e. The van der Waals surface area contributed by atoms with E-state index in [4.69, 9.17) is 10.9 Å². The van der Waals surface area contributed by atoms with Crippen molar-refractivity contribution in [2.75, 3.05) is 13.1 Å². The van der Waals surface area contributed by atoms with Crippen molar-refractivity contribution in [1.82, 2.24) is 4.31 Å². The van der Waals surface area contributed by atoms with Crippen LogP contribution in [0.2, 0.25) is 0 Å². The third kappa shape index (κ3) is 3.71. The first-order valence-electron chi connectivity index (χ1n) is 6.36. The molecular formula is C13H21N3O3S. The molecule has 1 rings (SSSR count). The Morgan fingerprint density at radius 3 is 2.60 bits per heavy atom. The van der Waals surface area contributed by atoms with Crippen LogP contribution in [-0.2, 0) is 10.0 Å². The first kappa shape index (κ1) is 16.5. The van der Waals surface area contributed by atoms with E-state index in [9.17, 15) is 8.42 Å². The highest BCUT2D eigenvalue weighted by atomic mass is 32.2. The van der Waals surface area contributed by atoms with E-state index >= 15 is 0 Å². The van der Waals surface area contributed by atoms with E-state index in [0.29, 0.717) is 18.5 Å². The maximum atomic E-state index is 12.7. The lowest BCUT2D eigenvalue weighted by atomic mass is 10.2. The molecule has 7 heteroatoms. The van der Waals surface area contributed by atoms with Gasteiger partial charge in [-0.1, -0.05) is 24.2 Å². The summed E-state index contributed by atoms with van der Waals surface area (Å²) in [5.41, 5.74) is 6.99. The molecule has 6 nitrogen and oxygen atoms in total.